The SMILES string of the molecule is O=C(CCl)N1CC(O)C(O)C1. The van der Waals surface area contributed by atoms with Crippen molar-refractivity contribution in [2.24, 2.45) is 0 Å². The number of aliphatic hydroxyl groups excluding tert-OH is 2. The zero-order chi connectivity index (χ0) is 8.43. The molecule has 5 heteroatoms. The lowest BCUT2D eigenvalue weighted by molar-refractivity contribution is -0.128. The number of rotatable bonds is 1. The van der Waals surface area contributed by atoms with Gasteiger partial charge in [0.25, 0.3) is 0 Å². The third-order valence-electron chi connectivity index (χ3n) is 1.73. The van der Waals surface area contributed by atoms with Crippen LogP contribution in [0.4, 0.5) is 0 Å². The first kappa shape index (κ1) is 8.77. The van der Waals surface area contributed by atoms with Crippen molar-refractivity contribution in [3.05, 3.63) is 0 Å². The minimum atomic E-state index is -0.817. The number of nitrogens with zero attached hydrogens (tertiary/aromatic N) is 1. The summed E-state index contributed by atoms with van der Waals surface area (Å²) >= 11 is 5.27. The highest BCUT2D eigenvalue weighted by atomic mass is 35.5. The highest BCUT2D eigenvalue weighted by Crippen LogP contribution is 2.09. The minimum absolute atomic E-state index is 0.0978. The van der Waals surface area contributed by atoms with Crippen molar-refractivity contribution in [3.63, 3.8) is 0 Å². The Bertz CT molecular complexity index is 154. The predicted octanol–water partition coefficient (Wildman–Crippen LogP) is -1.21. The summed E-state index contributed by atoms with van der Waals surface area (Å²) < 4.78 is 0. The van der Waals surface area contributed by atoms with E-state index in [0.29, 0.717) is 0 Å². The number of likely N-dealkylation sites (tertiary alicyclic amines) is 1. The Morgan fingerprint density at radius 3 is 2.27 bits per heavy atom. The van der Waals surface area contributed by atoms with Gasteiger partial charge in [-0.05, 0) is 0 Å². The minimum Gasteiger partial charge on any atom is -0.388 e. The largest absolute Gasteiger partial charge is 0.388 e. The number of β-amino-alcohol motifs (C(OH)–C–C–N with tert-alkyl or cyclic N) is 2. The van der Waals surface area contributed by atoms with Crippen molar-refractivity contribution in [2.45, 2.75) is 12.2 Å². The molecule has 0 spiro atoms. The maximum absolute atomic E-state index is 10.9. The monoisotopic (exact) mass is 179 g/mol. The molecule has 1 rings (SSSR count). The van der Waals surface area contributed by atoms with Crippen LogP contribution in [0.2, 0.25) is 0 Å². The van der Waals surface area contributed by atoms with Gasteiger partial charge in [0.2, 0.25) is 5.91 Å². The zero-order valence-electron chi connectivity index (χ0n) is 5.90. The second-order valence-electron chi connectivity index (χ2n) is 2.57. The van der Waals surface area contributed by atoms with E-state index in [1.807, 2.05) is 0 Å². The Balaban J connectivity index is 2.46. The first-order chi connectivity index (χ1) is 5.15. The molecule has 0 bridgehead atoms. The van der Waals surface area contributed by atoms with Gasteiger partial charge in [-0.25, -0.2) is 0 Å². The molecule has 1 fully saturated rings. The summed E-state index contributed by atoms with van der Waals surface area (Å²) in [6.45, 7) is 0.374. The summed E-state index contributed by atoms with van der Waals surface area (Å²) in [5.41, 5.74) is 0. The van der Waals surface area contributed by atoms with Gasteiger partial charge in [-0.1, -0.05) is 0 Å². The van der Waals surface area contributed by atoms with Crippen molar-refractivity contribution in [3.8, 4) is 0 Å². The summed E-state index contributed by atoms with van der Waals surface area (Å²) in [4.78, 5) is 12.2. The molecule has 0 aromatic heterocycles. The molecule has 4 nitrogen and oxygen atoms in total. The lowest BCUT2D eigenvalue weighted by Crippen LogP contribution is -2.30. The third-order valence-corrected chi connectivity index (χ3v) is 1.95. The normalized spacial score (nSPS) is 31.0. The van der Waals surface area contributed by atoms with Crippen molar-refractivity contribution in [1.29, 1.82) is 0 Å². The van der Waals surface area contributed by atoms with Crippen LogP contribution in [0.15, 0.2) is 0 Å². The molecular formula is C6H10ClNO3. The maximum Gasteiger partial charge on any atom is 0.237 e. The molecule has 0 saturated carbocycles. The molecule has 0 aromatic rings. The number of halogens is 1. The van der Waals surface area contributed by atoms with Crippen LogP contribution in [-0.2, 0) is 4.79 Å². The van der Waals surface area contributed by atoms with Crippen LogP contribution >= 0.6 is 11.6 Å². The maximum atomic E-state index is 10.9. The summed E-state index contributed by atoms with van der Waals surface area (Å²) in [6, 6.07) is 0. The molecule has 1 heterocycles. The van der Waals surface area contributed by atoms with Crippen LogP contribution in [0.1, 0.15) is 0 Å². The topological polar surface area (TPSA) is 60.8 Å². The van der Waals surface area contributed by atoms with E-state index in [9.17, 15) is 4.79 Å². The van der Waals surface area contributed by atoms with E-state index in [-0.39, 0.29) is 24.9 Å². The van der Waals surface area contributed by atoms with Crippen LogP contribution in [0.5, 0.6) is 0 Å². The van der Waals surface area contributed by atoms with E-state index in [4.69, 9.17) is 21.8 Å². The lowest BCUT2D eigenvalue weighted by atomic mass is 10.3. The van der Waals surface area contributed by atoms with Gasteiger partial charge in [0.15, 0.2) is 0 Å². The van der Waals surface area contributed by atoms with Crippen molar-refractivity contribution < 1.29 is 15.0 Å². The summed E-state index contributed by atoms with van der Waals surface area (Å²) in [5.74, 6) is -0.346. The van der Waals surface area contributed by atoms with Gasteiger partial charge in [-0.2, -0.15) is 0 Å². The quantitative estimate of drug-likeness (QED) is 0.497. The average Bonchev–Trinajstić information content (AvgIpc) is 2.31. The van der Waals surface area contributed by atoms with Gasteiger partial charge in [-0.3, -0.25) is 4.79 Å². The number of alkyl halides is 1. The van der Waals surface area contributed by atoms with Gasteiger partial charge < -0.3 is 15.1 Å². The number of aliphatic hydroxyl groups is 2. The Hall–Kier alpha value is -0.320. The molecule has 0 aromatic carbocycles. The van der Waals surface area contributed by atoms with E-state index in [2.05, 4.69) is 0 Å². The highest BCUT2D eigenvalue weighted by molar-refractivity contribution is 6.27. The Kier molecular flexibility index (Phi) is 2.70. The molecule has 0 radical (unpaired) electrons. The third kappa shape index (κ3) is 1.83. The van der Waals surface area contributed by atoms with E-state index in [0.717, 1.165) is 0 Å². The van der Waals surface area contributed by atoms with Crippen molar-refractivity contribution in [2.75, 3.05) is 19.0 Å². The fourth-order valence-corrected chi connectivity index (χ4v) is 1.23. The van der Waals surface area contributed by atoms with E-state index in [1.54, 1.807) is 0 Å². The summed E-state index contributed by atoms with van der Waals surface area (Å²) in [7, 11) is 0. The number of carbonyl (C=O) groups is 1. The highest BCUT2D eigenvalue weighted by Gasteiger charge is 2.31. The molecule has 11 heavy (non-hydrogen) atoms. The summed E-state index contributed by atoms with van der Waals surface area (Å²) in [5, 5.41) is 18.1. The van der Waals surface area contributed by atoms with Gasteiger partial charge in [0, 0.05) is 13.1 Å². The molecule has 0 aliphatic carbocycles. The second-order valence-corrected chi connectivity index (χ2v) is 2.83. The molecule has 1 aliphatic heterocycles. The fourth-order valence-electron chi connectivity index (χ4n) is 1.06. The van der Waals surface area contributed by atoms with E-state index >= 15 is 0 Å². The smallest absolute Gasteiger partial charge is 0.237 e. The van der Waals surface area contributed by atoms with Gasteiger partial charge >= 0.3 is 0 Å². The number of hydrogen-bond acceptors (Lipinski definition) is 3. The number of carbonyl (C=O) groups excluding carboxylic acids is 1. The van der Waals surface area contributed by atoms with Crippen molar-refractivity contribution >= 4 is 17.5 Å². The zero-order valence-corrected chi connectivity index (χ0v) is 6.66. The van der Waals surface area contributed by atoms with Crippen LogP contribution in [-0.4, -0.2) is 52.2 Å². The van der Waals surface area contributed by atoms with Crippen LogP contribution in [0.3, 0.4) is 0 Å². The number of amides is 1. The van der Waals surface area contributed by atoms with Gasteiger partial charge in [0.05, 0.1) is 12.2 Å². The Morgan fingerprint density at radius 2 is 1.91 bits per heavy atom. The first-order valence-corrected chi connectivity index (χ1v) is 3.88. The van der Waals surface area contributed by atoms with E-state index < -0.39 is 12.2 Å². The fraction of sp³-hybridized carbons (Fsp3) is 0.833. The molecular weight excluding hydrogens is 170 g/mol. The molecule has 1 saturated heterocycles. The number of hydrogen-bond donors (Lipinski definition) is 2. The second kappa shape index (κ2) is 3.38. The molecule has 1 aliphatic rings. The molecule has 2 N–H and O–H groups in total. The van der Waals surface area contributed by atoms with Gasteiger partial charge in [-0.15, -0.1) is 11.6 Å². The first-order valence-electron chi connectivity index (χ1n) is 3.35. The van der Waals surface area contributed by atoms with Crippen LogP contribution in [0, 0.1) is 0 Å². The predicted molar refractivity (Wildman–Crippen MR) is 39.3 cm³/mol. The Labute approximate surface area is 69.4 Å². The summed E-state index contributed by atoms with van der Waals surface area (Å²) in [6.07, 6.45) is -1.63. The molecule has 2 unspecified atom stereocenters. The van der Waals surface area contributed by atoms with Gasteiger partial charge in [0.1, 0.15) is 5.88 Å². The molecule has 2 atom stereocenters. The van der Waals surface area contributed by atoms with E-state index in [1.165, 1.54) is 4.90 Å². The molecule has 64 valence electrons. The van der Waals surface area contributed by atoms with Crippen LogP contribution in [0.25, 0.3) is 0 Å². The van der Waals surface area contributed by atoms with Crippen molar-refractivity contribution in [1.82, 2.24) is 4.90 Å². The molecule has 1 amide bonds. The average molecular weight is 180 g/mol. The standard InChI is InChI=1S/C6H10ClNO3/c7-1-6(11)8-2-4(9)5(10)3-8/h4-5,9-10H,1-3H2. The Morgan fingerprint density at radius 1 is 1.45 bits per heavy atom. The lowest BCUT2D eigenvalue weighted by Gasteiger charge is -2.12. The van der Waals surface area contributed by atoms with Crippen LogP contribution < -0.4 is 0 Å².